The highest BCUT2D eigenvalue weighted by Crippen LogP contribution is 2.12. The Morgan fingerprint density at radius 1 is 1.46 bits per heavy atom. The van der Waals surface area contributed by atoms with Crippen LogP contribution in [0.2, 0.25) is 0 Å². The molecule has 0 amide bonds. The number of methoxy groups -OCH3 is 1. The third-order valence-electron chi connectivity index (χ3n) is 1.12. The van der Waals surface area contributed by atoms with Gasteiger partial charge in [0.1, 0.15) is 5.82 Å². The standard InChI is InChI=1S/C6H7FN2.C2H4O2/c7-5-2-1-4(8)3-6(5)9;1-4-2-3/h1-3H,8-9H2;2H,1H3. The third-order valence-corrected chi connectivity index (χ3v) is 1.12. The largest absolute Gasteiger partial charge is 0.471 e. The van der Waals surface area contributed by atoms with Gasteiger partial charge in [-0.05, 0) is 18.2 Å². The van der Waals surface area contributed by atoms with Crippen molar-refractivity contribution in [3.8, 4) is 0 Å². The van der Waals surface area contributed by atoms with Crippen molar-refractivity contribution in [1.82, 2.24) is 0 Å². The summed E-state index contributed by atoms with van der Waals surface area (Å²) >= 11 is 0. The SMILES string of the molecule is COC=O.Nc1ccc(F)c(N)c1. The minimum absolute atomic E-state index is 0.0926. The van der Waals surface area contributed by atoms with E-state index in [-0.39, 0.29) is 5.69 Å². The molecule has 0 aliphatic carbocycles. The lowest BCUT2D eigenvalue weighted by Crippen LogP contribution is -1.92. The molecule has 13 heavy (non-hydrogen) atoms. The van der Waals surface area contributed by atoms with Gasteiger partial charge in [-0.15, -0.1) is 0 Å². The van der Waals surface area contributed by atoms with E-state index < -0.39 is 5.82 Å². The molecule has 5 heteroatoms. The summed E-state index contributed by atoms with van der Waals surface area (Å²) in [5, 5.41) is 0. The van der Waals surface area contributed by atoms with Crippen LogP contribution >= 0.6 is 0 Å². The second kappa shape index (κ2) is 5.82. The second-order valence-corrected chi connectivity index (χ2v) is 2.11. The molecule has 0 unspecified atom stereocenters. The van der Waals surface area contributed by atoms with Crippen molar-refractivity contribution in [2.75, 3.05) is 18.6 Å². The predicted molar refractivity (Wildman–Crippen MR) is 48.3 cm³/mol. The molecular weight excluding hydrogens is 175 g/mol. The molecule has 0 spiro atoms. The molecule has 0 fully saturated rings. The van der Waals surface area contributed by atoms with Crippen LogP contribution in [0, 0.1) is 5.82 Å². The second-order valence-electron chi connectivity index (χ2n) is 2.11. The van der Waals surface area contributed by atoms with Gasteiger partial charge in [0.2, 0.25) is 0 Å². The number of nitrogens with two attached hydrogens (primary N) is 2. The van der Waals surface area contributed by atoms with Gasteiger partial charge in [0.25, 0.3) is 6.47 Å². The molecular formula is C8H11FN2O2. The number of rotatable bonds is 1. The summed E-state index contributed by atoms with van der Waals surface area (Å²) in [4.78, 5) is 8.95. The van der Waals surface area contributed by atoms with E-state index in [9.17, 15) is 4.39 Å². The molecule has 4 nitrogen and oxygen atoms in total. The topological polar surface area (TPSA) is 78.3 Å². The Morgan fingerprint density at radius 2 is 2.00 bits per heavy atom. The molecule has 1 aromatic carbocycles. The van der Waals surface area contributed by atoms with Crippen LogP contribution in [0.5, 0.6) is 0 Å². The Bertz CT molecular complexity index is 279. The van der Waals surface area contributed by atoms with Crippen molar-refractivity contribution in [3.05, 3.63) is 24.0 Å². The van der Waals surface area contributed by atoms with Crippen molar-refractivity contribution >= 4 is 17.8 Å². The molecule has 1 aromatic rings. The number of halogens is 1. The Labute approximate surface area is 75.3 Å². The summed E-state index contributed by atoms with van der Waals surface area (Å²) in [7, 11) is 1.31. The number of ether oxygens (including phenoxy) is 1. The van der Waals surface area contributed by atoms with Crippen LogP contribution in [0.15, 0.2) is 18.2 Å². The monoisotopic (exact) mass is 186 g/mol. The Kier molecular flexibility index (Phi) is 5.02. The number of hydrogen-bond acceptors (Lipinski definition) is 4. The quantitative estimate of drug-likeness (QED) is 0.501. The maximum Gasteiger partial charge on any atom is 0.292 e. The highest BCUT2D eigenvalue weighted by atomic mass is 19.1. The van der Waals surface area contributed by atoms with Gasteiger partial charge in [0.05, 0.1) is 12.8 Å². The fourth-order valence-corrected chi connectivity index (χ4v) is 0.562. The summed E-state index contributed by atoms with van der Waals surface area (Å²) in [6.45, 7) is 0.375. The van der Waals surface area contributed by atoms with Crippen LogP contribution in [0.4, 0.5) is 15.8 Å². The fourth-order valence-electron chi connectivity index (χ4n) is 0.562. The van der Waals surface area contributed by atoms with Crippen LogP contribution in [-0.4, -0.2) is 13.6 Å². The van der Waals surface area contributed by atoms with E-state index in [0.29, 0.717) is 12.2 Å². The van der Waals surface area contributed by atoms with E-state index >= 15 is 0 Å². The van der Waals surface area contributed by atoms with Gasteiger partial charge in [-0.25, -0.2) is 4.39 Å². The van der Waals surface area contributed by atoms with Gasteiger partial charge in [0.15, 0.2) is 0 Å². The first kappa shape index (κ1) is 11.2. The molecule has 1 rings (SSSR count). The molecule has 0 radical (unpaired) electrons. The lowest BCUT2D eigenvalue weighted by atomic mass is 10.3. The summed E-state index contributed by atoms with van der Waals surface area (Å²) in [5.41, 5.74) is 11.0. The molecule has 0 atom stereocenters. The van der Waals surface area contributed by atoms with E-state index in [1.807, 2.05) is 0 Å². The zero-order chi connectivity index (χ0) is 10.3. The van der Waals surface area contributed by atoms with Crippen molar-refractivity contribution in [2.24, 2.45) is 0 Å². The van der Waals surface area contributed by atoms with Crippen molar-refractivity contribution in [2.45, 2.75) is 0 Å². The smallest absolute Gasteiger partial charge is 0.292 e. The van der Waals surface area contributed by atoms with Gasteiger partial charge in [-0.1, -0.05) is 0 Å². The highest BCUT2D eigenvalue weighted by molar-refractivity contribution is 5.51. The lowest BCUT2D eigenvalue weighted by molar-refractivity contribution is -0.126. The number of benzene rings is 1. The van der Waals surface area contributed by atoms with Crippen molar-refractivity contribution in [1.29, 1.82) is 0 Å². The Balaban J connectivity index is 0.000000310. The average molecular weight is 186 g/mol. The molecule has 0 aliphatic heterocycles. The van der Waals surface area contributed by atoms with Gasteiger partial charge >= 0.3 is 0 Å². The molecule has 0 heterocycles. The molecule has 0 bridgehead atoms. The van der Waals surface area contributed by atoms with Crippen molar-refractivity contribution in [3.63, 3.8) is 0 Å². The summed E-state index contributed by atoms with van der Waals surface area (Å²) in [6.07, 6.45) is 0. The Morgan fingerprint density at radius 3 is 2.31 bits per heavy atom. The summed E-state index contributed by atoms with van der Waals surface area (Å²) in [5.74, 6) is -0.427. The molecule has 4 N–H and O–H groups in total. The fraction of sp³-hybridized carbons (Fsp3) is 0.125. The van der Waals surface area contributed by atoms with E-state index in [2.05, 4.69) is 4.74 Å². The first-order valence-electron chi connectivity index (χ1n) is 3.38. The van der Waals surface area contributed by atoms with E-state index in [4.69, 9.17) is 16.3 Å². The number of hydrogen-bond donors (Lipinski definition) is 2. The Hall–Kier alpha value is -1.78. The summed E-state index contributed by atoms with van der Waals surface area (Å²) < 4.78 is 16.2. The van der Waals surface area contributed by atoms with Crippen LogP contribution < -0.4 is 11.5 Å². The summed E-state index contributed by atoms with van der Waals surface area (Å²) in [6, 6.07) is 4.09. The first-order chi connectivity index (χ1) is 6.11. The van der Waals surface area contributed by atoms with Gasteiger partial charge in [-0.3, -0.25) is 4.79 Å². The van der Waals surface area contributed by atoms with E-state index in [1.54, 1.807) is 0 Å². The van der Waals surface area contributed by atoms with Crippen LogP contribution in [-0.2, 0) is 9.53 Å². The molecule has 0 saturated carbocycles. The average Bonchev–Trinajstić information content (AvgIpc) is 2.12. The maximum atomic E-state index is 12.3. The normalized spacial score (nSPS) is 8.15. The third kappa shape index (κ3) is 4.62. The van der Waals surface area contributed by atoms with Crippen LogP contribution in [0.3, 0.4) is 0 Å². The van der Waals surface area contributed by atoms with Gasteiger partial charge in [0, 0.05) is 5.69 Å². The highest BCUT2D eigenvalue weighted by Gasteiger charge is 1.94. The lowest BCUT2D eigenvalue weighted by Gasteiger charge is -1.95. The number of nitrogen functional groups attached to an aromatic ring is 2. The predicted octanol–water partition coefficient (Wildman–Crippen LogP) is 0.779. The van der Waals surface area contributed by atoms with Crippen molar-refractivity contribution < 1.29 is 13.9 Å². The number of carbonyl (C=O) groups excluding carboxylic acids is 1. The minimum atomic E-state index is -0.427. The minimum Gasteiger partial charge on any atom is -0.471 e. The maximum absolute atomic E-state index is 12.3. The van der Waals surface area contributed by atoms with Gasteiger partial charge in [-0.2, -0.15) is 0 Å². The molecule has 72 valence electrons. The number of anilines is 2. The van der Waals surface area contributed by atoms with E-state index in [0.717, 1.165) is 0 Å². The number of carbonyl (C=O) groups is 1. The first-order valence-corrected chi connectivity index (χ1v) is 3.38. The molecule has 0 aliphatic rings. The zero-order valence-corrected chi connectivity index (χ0v) is 7.16. The van der Waals surface area contributed by atoms with Gasteiger partial charge < -0.3 is 16.2 Å². The van der Waals surface area contributed by atoms with Crippen LogP contribution in [0.1, 0.15) is 0 Å². The molecule has 0 saturated heterocycles. The zero-order valence-electron chi connectivity index (χ0n) is 7.16. The van der Waals surface area contributed by atoms with E-state index in [1.165, 1.54) is 25.3 Å². The molecule has 0 aromatic heterocycles. The van der Waals surface area contributed by atoms with Crippen LogP contribution in [0.25, 0.3) is 0 Å².